The lowest BCUT2D eigenvalue weighted by Crippen LogP contribution is -2.44. The largest absolute Gasteiger partial charge is 0.322 e. The summed E-state index contributed by atoms with van der Waals surface area (Å²) in [5.74, 6) is -0.869. The molecule has 2 amide bonds. The van der Waals surface area contributed by atoms with Crippen LogP contribution in [-0.2, 0) is 9.59 Å². The van der Waals surface area contributed by atoms with Gasteiger partial charge in [0, 0.05) is 5.57 Å². The van der Waals surface area contributed by atoms with Gasteiger partial charge in [0.05, 0.1) is 6.54 Å². The number of rotatable bonds is 2. The van der Waals surface area contributed by atoms with Crippen LogP contribution < -0.4 is 16.6 Å². The molecular formula is C6H12ClN3O2. The molecule has 0 aromatic rings. The number of nitrogens with two attached hydrogens (primary N) is 1. The molecule has 5 nitrogen and oxygen atoms in total. The van der Waals surface area contributed by atoms with E-state index < -0.39 is 11.8 Å². The molecule has 0 spiro atoms. The molecule has 0 aromatic heterocycles. The van der Waals surface area contributed by atoms with Crippen LogP contribution in [0.3, 0.4) is 0 Å². The van der Waals surface area contributed by atoms with Crippen molar-refractivity contribution in [1.29, 1.82) is 0 Å². The molecular weight excluding hydrogens is 182 g/mol. The van der Waals surface area contributed by atoms with E-state index >= 15 is 0 Å². The highest BCUT2D eigenvalue weighted by Gasteiger charge is 2.01. The van der Waals surface area contributed by atoms with Crippen LogP contribution in [0.15, 0.2) is 12.2 Å². The quantitative estimate of drug-likeness (QED) is 0.392. The summed E-state index contributed by atoms with van der Waals surface area (Å²) in [7, 11) is 0. The highest BCUT2D eigenvalue weighted by molar-refractivity contribution is 5.93. The second kappa shape index (κ2) is 6.63. The second-order valence-electron chi connectivity index (χ2n) is 1.99. The lowest BCUT2D eigenvalue weighted by atomic mass is 10.3. The van der Waals surface area contributed by atoms with Crippen molar-refractivity contribution < 1.29 is 9.59 Å². The van der Waals surface area contributed by atoms with Gasteiger partial charge < -0.3 is 5.73 Å². The minimum Gasteiger partial charge on any atom is -0.322 e. The summed E-state index contributed by atoms with van der Waals surface area (Å²) in [6.45, 7) is 4.74. The molecule has 0 heterocycles. The Morgan fingerprint density at radius 1 is 1.42 bits per heavy atom. The van der Waals surface area contributed by atoms with Gasteiger partial charge in [0.1, 0.15) is 0 Å². The molecule has 0 aliphatic carbocycles. The molecule has 0 radical (unpaired) electrons. The third-order valence-corrected chi connectivity index (χ3v) is 0.888. The fourth-order valence-electron chi connectivity index (χ4n) is 0.284. The van der Waals surface area contributed by atoms with Crippen molar-refractivity contribution in [3.8, 4) is 0 Å². The van der Waals surface area contributed by atoms with Crippen LogP contribution in [0, 0.1) is 0 Å². The molecule has 0 aromatic carbocycles. The molecule has 0 aliphatic rings. The normalized spacial score (nSPS) is 7.83. The number of nitrogens with one attached hydrogen (secondary N) is 2. The Kier molecular flexibility index (Phi) is 7.47. The Hall–Kier alpha value is -1.07. The Morgan fingerprint density at radius 2 is 1.92 bits per heavy atom. The molecule has 0 atom stereocenters. The number of halogens is 1. The number of hydrazine groups is 1. The molecule has 0 rings (SSSR count). The molecule has 0 bridgehead atoms. The van der Waals surface area contributed by atoms with Gasteiger partial charge in [-0.25, -0.2) is 0 Å². The molecule has 70 valence electrons. The van der Waals surface area contributed by atoms with E-state index in [4.69, 9.17) is 5.73 Å². The zero-order valence-electron chi connectivity index (χ0n) is 6.72. The third kappa shape index (κ3) is 5.70. The van der Waals surface area contributed by atoms with Gasteiger partial charge in [-0.15, -0.1) is 12.4 Å². The number of amides is 2. The van der Waals surface area contributed by atoms with E-state index in [1.165, 1.54) is 6.92 Å². The molecule has 6 heteroatoms. The molecule has 0 fully saturated rings. The monoisotopic (exact) mass is 193 g/mol. The van der Waals surface area contributed by atoms with Gasteiger partial charge in [-0.05, 0) is 6.92 Å². The molecule has 0 aliphatic heterocycles. The SMILES string of the molecule is C=C(C)C(=O)NNC(=O)CN.Cl. The minimum absolute atomic E-state index is 0. The standard InChI is InChI=1S/C6H11N3O2.ClH/c1-4(2)6(11)9-8-5(10)3-7;/h1,3,7H2,2H3,(H,8,10)(H,9,11);1H. The maximum Gasteiger partial charge on any atom is 0.264 e. The van der Waals surface area contributed by atoms with Crippen molar-refractivity contribution in [1.82, 2.24) is 10.9 Å². The van der Waals surface area contributed by atoms with Crippen molar-refractivity contribution in [2.24, 2.45) is 5.73 Å². The molecule has 0 saturated carbocycles. The Bertz CT molecular complexity index is 193. The highest BCUT2D eigenvalue weighted by atomic mass is 35.5. The molecule has 12 heavy (non-hydrogen) atoms. The van der Waals surface area contributed by atoms with Gasteiger partial charge >= 0.3 is 0 Å². The second-order valence-corrected chi connectivity index (χ2v) is 1.99. The summed E-state index contributed by atoms with van der Waals surface area (Å²) in [5.41, 5.74) is 9.47. The van der Waals surface area contributed by atoms with Gasteiger partial charge in [0.2, 0.25) is 0 Å². The number of carbonyl (C=O) groups excluding carboxylic acids is 2. The van der Waals surface area contributed by atoms with Crippen LogP contribution in [0.5, 0.6) is 0 Å². The van der Waals surface area contributed by atoms with E-state index in [0.29, 0.717) is 5.57 Å². The minimum atomic E-state index is -0.445. The first-order chi connectivity index (χ1) is 5.07. The zero-order valence-corrected chi connectivity index (χ0v) is 7.53. The fourth-order valence-corrected chi connectivity index (χ4v) is 0.284. The molecule has 0 saturated heterocycles. The predicted octanol–water partition coefficient (Wildman–Crippen LogP) is -0.910. The first kappa shape index (κ1) is 13.5. The van der Waals surface area contributed by atoms with Crippen molar-refractivity contribution in [2.75, 3.05) is 6.54 Å². The predicted molar refractivity (Wildman–Crippen MR) is 47.4 cm³/mol. The van der Waals surface area contributed by atoms with Crippen LogP contribution >= 0.6 is 12.4 Å². The number of hydrogen-bond donors (Lipinski definition) is 3. The Balaban J connectivity index is 0. The lowest BCUT2D eigenvalue weighted by Gasteiger charge is -2.04. The van der Waals surface area contributed by atoms with Crippen molar-refractivity contribution in [2.45, 2.75) is 6.92 Å². The summed E-state index contributed by atoms with van der Waals surface area (Å²) in [6, 6.07) is 0. The van der Waals surface area contributed by atoms with Gasteiger partial charge in [-0.3, -0.25) is 20.4 Å². The van der Waals surface area contributed by atoms with Crippen LogP contribution in [-0.4, -0.2) is 18.4 Å². The lowest BCUT2D eigenvalue weighted by molar-refractivity contribution is -0.126. The fraction of sp³-hybridized carbons (Fsp3) is 0.333. The highest BCUT2D eigenvalue weighted by Crippen LogP contribution is 1.82. The van der Waals surface area contributed by atoms with Crippen LogP contribution in [0.1, 0.15) is 6.92 Å². The summed E-state index contributed by atoms with van der Waals surface area (Å²) in [4.78, 5) is 21.2. The van der Waals surface area contributed by atoms with E-state index in [1.54, 1.807) is 0 Å². The smallest absolute Gasteiger partial charge is 0.264 e. The van der Waals surface area contributed by atoms with E-state index in [9.17, 15) is 9.59 Å². The topological polar surface area (TPSA) is 84.2 Å². The van der Waals surface area contributed by atoms with E-state index in [0.717, 1.165) is 0 Å². The van der Waals surface area contributed by atoms with Crippen molar-refractivity contribution in [3.05, 3.63) is 12.2 Å². The number of hydrogen-bond acceptors (Lipinski definition) is 3. The van der Waals surface area contributed by atoms with E-state index in [1.807, 2.05) is 0 Å². The van der Waals surface area contributed by atoms with Crippen LogP contribution in [0.4, 0.5) is 0 Å². The number of carbonyl (C=O) groups is 2. The summed E-state index contributed by atoms with van der Waals surface area (Å²) in [6.07, 6.45) is 0. The van der Waals surface area contributed by atoms with Crippen LogP contribution in [0.2, 0.25) is 0 Å². The Morgan fingerprint density at radius 3 is 2.25 bits per heavy atom. The summed E-state index contributed by atoms with van der Waals surface area (Å²) in [5, 5.41) is 0. The molecule has 4 N–H and O–H groups in total. The first-order valence-corrected chi connectivity index (χ1v) is 3.02. The van der Waals surface area contributed by atoms with Gasteiger partial charge in [0.15, 0.2) is 0 Å². The van der Waals surface area contributed by atoms with Gasteiger partial charge in [0.25, 0.3) is 11.8 Å². The summed E-state index contributed by atoms with van der Waals surface area (Å²) < 4.78 is 0. The van der Waals surface area contributed by atoms with E-state index in [2.05, 4.69) is 17.4 Å². The maximum atomic E-state index is 10.7. The van der Waals surface area contributed by atoms with E-state index in [-0.39, 0.29) is 19.0 Å². The Labute approximate surface area is 76.8 Å². The van der Waals surface area contributed by atoms with Gasteiger partial charge in [-0.1, -0.05) is 6.58 Å². The first-order valence-electron chi connectivity index (χ1n) is 3.02. The average Bonchev–Trinajstić information content (AvgIpc) is 1.99. The van der Waals surface area contributed by atoms with Crippen molar-refractivity contribution in [3.63, 3.8) is 0 Å². The maximum absolute atomic E-state index is 10.7. The zero-order chi connectivity index (χ0) is 8.85. The van der Waals surface area contributed by atoms with Crippen LogP contribution in [0.25, 0.3) is 0 Å². The average molecular weight is 194 g/mol. The molecule has 0 unspecified atom stereocenters. The third-order valence-electron chi connectivity index (χ3n) is 0.888. The van der Waals surface area contributed by atoms with Crippen molar-refractivity contribution >= 4 is 24.2 Å². The van der Waals surface area contributed by atoms with Gasteiger partial charge in [-0.2, -0.15) is 0 Å². The summed E-state index contributed by atoms with van der Waals surface area (Å²) >= 11 is 0.